The van der Waals surface area contributed by atoms with Crippen LogP contribution in [0, 0.1) is 10.1 Å². The summed E-state index contributed by atoms with van der Waals surface area (Å²) in [7, 11) is 0. The van der Waals surface area contributed by atoms with Crippen molar-refractivity contribution in [3.8, 4) is 11.5 Å². The van der Waals surface area contributed by atoms with Crippen LogP contribution in [0.15, 0.2) is 29.9 Å². The van der Waals surface area contributed by atoms with Gasteiger partial charge < -0.3 is 9.47 Å². The molecule has 0 saturated heterocycles. The maximum atomic E-state index is 11.2. The molecule has 116 valence electrons. The highest BCUT2D eigenvalue weighted by molar-refractivity contribution is 5.83. The van der Waals surface area contributed by atoms with E-state index >= 15 is 0 Å². The quantitative estimate of drug-likeness (QED) is 0.439. The molecule has 1 aromatic carbocycles. The van der Waals surface area contributed by atoms with Gasteiger partial charge in [0.1, 0.15) is 12.7 Å². The molecule has 0 N–H and O–H groups in total. The molecule has 0 aliphatic carbocycles. The lowest BCUT2D eigenvalue weighted by Gasteiger charge is -2.11. The van der Waals surface area contributed by atoms with Crippen molar-refractivity contribution in [3.05, 3.63) is 40.5 Å². The molecule has 0 amide bonds. The molecule has 1 aromatic heterocycles. The predicted octanol–water partition coefficient (Wildman–Crippen LogP) is 1.87. The molecule has 2 rings (SSSR count). The number of nitrogens with zero attached hydrogens (tertiary/aromatic N) is 5. The lowest BCUT2D eigenvalue weighted by Crippen LogP contribution is -2.03. The molecule has 22 heavy (non-hydrogen) atoms. The van der Waals surface area contributed by atoms with Crippen LogP contribution in [-0.2, 0) is 0 Å². The number of nitro groups is 1. The summed E-state index contributed by atoms with van der Waals surface area (Å²) in [4.78, 5) is 10.7. The van der Waals surface area contributed by atoms with Crippen LogP contribution in [-0.4, -0.2) is 39.2 Å². The Bertz CT molecular complexity index is 669. The first-order valence-electron chi connectivity index (χ1n) is 6.62. The molecule has 0 bridgehead atoms. The van der Waals surface area contributed by atoms with Crippen LogP contribution < -0.4 is 9.47 Å². The third-order valence-electron chi connectivity index (χ3n) is 2.59. The highest BCUT2D eigenvalue weighted by atomic mass is 16.6. The van der Waals surface area contributed by atoms with E-state index in [4.69, 9.17) is 9.47 Å². The van der Waals surface area contributed by atoms with E-state index in [-0.39, 0.29) is 11.4 Å². The van der Waals surface area contributed by atoms with Crippen molar-refractivity contribution in [1.82, 2.24) is 14.9 Å². The van der Waals surface area contributed by atoms with Crippen LogP contribution in [0.2, 0.25) is 0 Å². The summed E-state index contributed by atoms with van der Waals surface area (Å²) in [5.41, 5.74) is 0.338. The normalized spacial score (nSPS) is 10.8. The fourth-order valence-electron chi connectivity index (χ4n) is 1.76. The van der Waals surface area contributed by atoms with Crippen molar-refractivity contribution >= 4 is 11.9 Å². The zero-order valence-corrected chi connectivity index (χ0v) is 12.2. The third-order valence-corrected chi connectivity index (χ3v) is 2.59. The van der Waals surface area contributed by atoms with Crippen molar-refractivity contribution in [2.24, 2.45) is 5.10 Å². The van der Waals surface area contributed by atoms with Crippen LogP contribution in [0.4, 0.5) is 5.69 Å². The van der Waals surface area contributed by atoms with Gasteiger partial charge in [-0.25, -0.2) is 4.68 Å². The number of aromatic nitrogens is 3. The lowest BCUT2D eigenvalue weighted by atomic mass is 10.2. The summed E-state index contributed by atoms with van der Waals surface area (Å²) < 4.78 is 12.2. The van der Waals surface area contributed by atoms with Crippen molar-refractivity contribution in [2.45, 2.75) is 13.8 Å². The van der Waals surface area contributed by atoms with Crippen LogP contribution in [0.1, 0.15) is 19.4 Å². The van der Waals surface area contributed by atoms with E-state index < -0.39 is 4.92 Å². The van der Waals surface area contributed by atoms with Gasteiger partial charge in [0, 0.05) is 11.6 Å². The van der Waals surface area contributed by atoms with Gasteiger partial charge in [-0.3, -0.25) is 10.1 Å². The fraction of sp³-hybridized carbons (Fsp3) is 0.308. The second-order valence-electron chi connectivity index (χ2n) is 4.08. The van der Waals surface area contributed by atoms with Gasteiger partial charge in [-0.05, 0) is 19.9 Å². The first-order chi connectivity index (χ1) is 10.7. The molecular weight excluding hydrogens is 290 g/mol. The molecule has 0 unspecified atom stereocenters. The van der Waals surface area contributed by atoms with Crippen LogP contribution in [0.3, 0.4) is 0 Å². The minimum absolute atomic E-state index is 0.121. The summed E-state index contributed by atoms with van der Waals surface area (Å²) in [5, 5.41) is 22.5. The number of rotatable bonds is 7. The second kappa shape index (κ2) is 7.16. The summed E-state index contributed by atoms with van der Waals surface area (Å²) >= 11 is 0. The zero-order valence-electron chi connectivity index (χ0n) is 12.2. The zero-order chi connectivity index (χ0) is 15.9. The minimum Gasteiger partial charge on any atom is -0.490 e. The molecule has 0 saturated carbocycles. The predicted molar refractivity (Wildman–Crippen MR) is 78.4 cm³/mol. The lowest BCUT2D eigenvalue weighted by molar-refractivity contribution is -0.385. The Labute approximate surface area is 126 Å². The number of benzene rings is 1. The molecule has 0 aliphatic rings. The maximum absolute atomic E-state index is 11.2. The summed E-state index contributed by atoms with van der Waals surface area (Å²) in [6, 6.07) is 3.01. The molecule has 0 spiro atoms. The van der Waals surface area contributed by atoms with Crippen LogP contribution in [0.25, 0.3) is 0 Å². The molecule has 0 radical (unpaired) electrons. The molecule has 1 heterocycles. The van der Waals surface area contributed by atoms with Crippen molar-refractivity contribution in [3.63, 3.8) is 0 Å². The van der Waals surface area contributed by atoms with Gasteiger partial charge in [-0.2, -0.15) is 5.10 Å². The highest BCUT2D eigenvalue weighted by Gasteiger charge is 2.22. The molecule has 0 aliphatic heterocycles. The van der Waals surface area contributed by atoms with E-state index in [9.17, 15) is 10.1 Å². The number of hydrogen-bond donors (Lipinski definition) is 0. The van der Waals surface area contributed by atoms with Crippen molar-refractivity contribution in [2.75, 3.05) is 13.2 Å². The number of nitro benzene ring substituents is 1. The molecule has 9 nitrogen and oxygen atoms in total. The Morgan fingerprint density at radius 1 is 1.27 bits per heavy atom. The number of hydrogen-bond acceptors (Lipinski definition) is 7. The first kappa shape index (κ1) is 15.4. The Balaban J connectivity index is 2.44. The molecule has 9 heteroatoms. The van der Waals surface area contributed by atoms with Gasteiger partial charge in [-0.15, -0.1) is 10.2 Å². The Morgan fingerprint density at radius 2 is 1.95 bits per heavy atom. The van der Waals surface area contributed by atoms with Crippen molar-refractivity contribution in [1.29, 1.82) is 0 Å². The van der Waals surface area contributed by atoms with Gasteiger partial charge in [-0.1, -0.05) is 0 Å². The van der Waals surface area contributed by atoms with E-state index in [1.54, 1.807) is 19.9 Å². The number of ether oxygens (including phenoxy) is 2. The molecule has 0 fully saturated rings. The van der Waals surface area contributed by atoms with E-state index in [0.717, 1.165) is 0 Å². The van der Waals surface area contributed by atoms with Gasteiger partial charge in [0.2, 0.25) is 5.75 Å². The average Bonchev–Trinajstić information content (AvgIpc) is 3.00. The van der Waals surface area contributed by atoms with Gasteiger partial charge in [0.15, 0.2) is 5.75 Å². The minimum atomic E-state index is -0.510. The summed E-state index contributed by atoms with van der Waals surface area (Å²) in [5.74, 6) is 0.430. The highest BCUT2D eigenvalue weighted by Crippen LogP contribution is 2.38. The van der Waals surface area contributed by atoms with Gasteiger partial charge in [0.05, 0.1) is 24.4 Å². The molecular formula is C13H15N5O4. The smallest absolute Gasteiger partial charge is 0.315 e. The SMILES string of the molecule is CCOc1cc(C=Nn2cnnc2)cc([N+](=O)[O-])c1OCC. The van der Waals surface area contributed by atoms with Crippen molar-refractivity contribution < 1.29 is 14.4 Å². The summed E-state index contributed by atoms with van der Waals surface area (Å²) in [6.45, 7) is 4.21. The maximum Gasteiger partial charge on any atom is 0.315 e. The molecule has 2 aromatic rings. The summed E-state index contributed by atoms with van der Waals surface area (Å²) in [6.07, 6.45) is 4.26. The van der Waals surface area contributed by atoms with Crippen LogP contribution in [0.5, 0.6) is 11.5 Å². The standard InChI is InChI=1S/C13H15N5O4/c1-3-21-12-6-10(7-16-17-8-14-15-9-17)5-11(18(19)20)13(12)22-4-2/h5-9H,3-4H2,1-2H3. The van der Waals surface area contributed by atoms with Gasteiger partial charge in [0.25, 0.3) is 0 Å². The Kier molecular flexibility index (Phi) is 5.02. The van der Waals surface area contributed by atoms with E-state index in [2.05, 4.69) is 15.3 Å². The topological polar surface area (TPSA) is 105 Å². The second-order valence-corrected chi connectivity index (χ2v) is 4.08. The third kappa shape index (κ3) is 3.57. The largest absolute Gasteiger partial charge is 0.490 e. The van der Waals surface area contributed by atoms with Crippen LogP contribution >= 0.6 is 0 Å². The Hall–Kier alpha value is -2.97. The first-order valence-corrected chi connectivity index (χ1v) is 6.62. The van der Waals surface area contributed by atoms with E-state index in [1.807, 2.05) is 0 Å². The van der Waals surface area contributed by atoms with E-state index in [1.165, 1.54) is 29.6 Å². The molecule has 0 atom stereocenters. The monoisotopic (exact) mass is 305 g/mol. The fourth-order valence-corrected chi connectivity index (χ4v) is 1.76. The Morgan fingerprint density at radius 3 is 2.55 bits per heavy atom. The average molecular weight is 305 g/mol. The van der Waals surface area contributed by atoms with Gasteiger partial charge >= 0.3 is 5.69 Å². The van der Waals surface area contributed by atoms with E-state index in [0.29, 0.717) is 24.5 Å².